The van der Waals surface area contributed by atoms with Crippen LogP contribution < -0.4 is 10.6 Å². The largest absolute Gasteiger partial charge is 0.453 e. The molecular weight excluding hydrogens is 664 g/mol. The van der Waals surface area contributed by atoms with Crippen molar-refractivity contribution in [3.8, 4) is 33.6 Å². The van der Waals surface area contributed by atoms with Gasteiger partial charge in [-0.15, -0.1) is 0 Å². The molecule has 2 aliphatic heterocycles. The van der Waals surface area contributed by atoms with E-state index in [-0.39, 0.29) is 35.7 Å². The van der Waals surface area contributed by atoms with Gasteiger partial charge in [-0.1, -0.05) is 76.2 Å². The van der Waals surface area contributed by atoms with Crippen molar-refractivity contribution in [1.82, 2.24) is 40.4 Å². The molecule has 14 nitrogen and oxygen atoms in total. The van der Waals surface area contributed by atoms with Crippen LogP contribution in [0.4, 0.5) is 9.59 Å². The molecule has 2 aromatic heterocycles. The highest BCUT2D eigenvalue weighted by molar-refractivity contribution is 5.88. The first-order chi connectivity index (χ1) is 25.0. The number of rotatable bonds is 11. The van der Waals surface area contributed by atoms with Crippen molar-refractivity contribution in [1.29, 1.82) is 0 Å². The van der Waals surface area contributed by atoms with E-state index in [1.54, 1.807) is 22.2 Å². The van der Waals surface area contributed by atoms with Crippen LogP contribution in [0, 0.1) is 11.8 Å². The molecule has 4 atom stereocenters. The number of carbonyl (C=O) groups is 4. The Morgan fingerprint density at radius 2 is 1.00 bits per heavy atom. The molecular formula is C38H46N8O6. The van der Waals surface area contributed by atoms with E-state index in [4.69, 9.17) is 0 Å². The fraction of sp³-hybridized carbons (Fsp3) is 0.421. The van der Waals surface area contributed by atoms with Gasteiger partial charge >= 0.3 is 12.2 Å². The van der Waals surface area contributed by atoms with Gasteiger partial charge in [0.05, 0.1) is 50.1 Å². The number of benzene rings is 2. The van der Waals surface area contributed by atoms with Crippen LogP contribution in [0.3, 0.4) is 0 Å². The lowest BCUT2D eigenvalue weighted by Gasteiger charge is -2.29. The van der Waals surface area contributed by atoms with Crippen LogP contribution in [0.25, 0.3) is 33.6 Å². The highest BCUT2D eigenvalue weighted by Crippen LogP contribution is 2.34. The van der Waals surface area contributed by atoms with Crippen molar-refractivity contribution in [2.24, 2.45) is 11.8 Å². The molecule has 4 heterocycles. The molecule has 2 aromatic carbocycles. The molecule has 0 bridgehead atoms. The number of alkyl carbamates (subject to hydrolysis) is 2. The maximum absolute atomic E-state index is 13.2. The van der Waals surface area contributed by atoms with Gasteiger partial charge in [0.25, 0.3) is 0 Å². The van der Waals surface area contributed by atoms with Crippen LogP contribution in [-0.4, -0.2) is 93.1 Å². The molecule has 274 valence electrons. The fourth-order valence-corrected chi connectivity index (χ4v) is 7.22. The number of aromatic amines is 2. The van der Waals surface area contributed by atoms with Crippen molar-refractivity contribution in [3.05, 3.63) is 72.6 Å². The molecule has 0 spiro atoms. The number of likely N-dealkylation sites (tertiary alicyclic amines) is 2. The van der Waals surface area contributed by atoms with E-state index in [1.165, 1.54) is 14.2 Å². The maximum Gasteiger partial charge on any atom is 0.407 e. The molecule has 52 heavy (non-hydrogen) atoms. The second kappa shape index (κ2) is 15.3. The fourth-order valence-electron chi connectivity index (χ4n) is 7.22. The zero-order chi connectivity index (χ0) is 37.1. The zero-order valence-electron chi connectivity index (χ0n) is 30.3. The Balaban J connectivity index is 1.12. The van der Waals surface area contributed by atoms with Crippen LogP contribution in [0.15, 0.2) is 60.9 Å². The highest BCUT2D eigenvalue weighted by Gasteiger charge is 2.41. The van der Waals surface area contributed by atoms with E-state index >= 15 is 0 Å². The van der Waals surface area contributed by atoms with E-state index in [0.29, 0.717) is 37.6 Å². The van der Waals surface area contributed by atoms with Gasteiger partial charge in [0.2, 0.25) is 11.8 Å². The summed E-state index contributed by atoms with van der Waals surface area (Å²) in [5.74, 6) is 1.29. The summed E-state index contributed by atoms with van der Waals surface area (Å²) in [6.07, 6.45) is 3.36. The summed E-state index contributed by atoms with van der Waals surface area (Å²) >= 11 is 0. The quantitative estimate of drug-likeness (QED) is 0.159. The molecule has 2 fully saturated rings. The highest BCUT2D eigenvalue weighted by atomic mass is 16.5. The molecule has 0 saturated carbocycles. The molecule has 0 aliphatic carbocycles. The van der Waals surface area contributed by atoms with Crippen LogP contribution in [0.2, 0.25) is 0 Å². The number of hydrogen-bond donors (Lipinski definition) is 4. The summed E-state index contributed by atoms with van der Waals surface area (Å²) in [6.45, 7) is 9.22. The van der Waals surface area contributed by atoms with E-state index in [0.717, 1.165) is 33.6 Å². The number of aromatic nitrogens is 4. The Morgan fingerprint density at radius 1 is 0.654 bits per heavy atom. The molecule has 4 amide bonds. The van der Waals surface area contributed by atoms with Gasteiger partial charge in [-0.3, -0.25) is 9.59 Å². The predicted molar refractivity (Wildman–Crippen MR) is 194 cm³/mol. The van der Waals surface area contributed by atoms with Crippen molar-refractivity contribution in [2.75, 3.05) is 27.3 Å². The Morgan fingerprint density at radius 3 is 1.33 bits per heavy atom. The van der Waals surface area contributed by atoms with E-state index in [1.807, 2.05) is 52.0 Å². The molecule has 4 N–H and O–H groups in total. The van der Waals surface area contributed by atoms with Crippen LogP contribution in [0.5, 0.6) is 0 Å². The zero-order valence-corrected chi connectivity index (χ0v) is 30.3. The SMILES string of the molecule is COC(=O)N[C@H]1CCN([C@H](c2ncc(-c3ccc(-c4ccc(-c5cnc([C@H](C(C)C)N6CC[C@H](NC(=O)OC)C6=O)[nH]5)cc4)cc3)[nH]2)C(C)C)C1=O. The van der Waals surface area contributed by atoms with Gasteiger partial charge in [0.1, 0.15) is 23.7 Å². The lowest BCUT2D eigenvalue weighted by Crippen LogP contribution is -2.43. The van der Waals surface area contributed by atoms with E-state index in [2.05, 4.69) is 64.3 Å². The van der Waals surface area contributed by atoms with E-state index < -0.39 is 24.3 Å². The minimum absolute atomic E-state index is 0.0917. The standard InChI is InChI=1S/C38H46N8O6/c1-21(2)31(45-17-15-27(35(45)47)43-37(49)51-5)33-39-19-29(41-33)25-11-7-23(8-12-25)24-9-13-26(14-10-24)30-20-40-34(42-30)32(22(3)4)46-18-16-28(36(46)48)44-38(50)52-6/h7-14,19-22,27-28,31-32H,15-18H2,1-6H3,(H,39,41)(H,40,42)(H,43,49)(H,44,50)/t27-,28-,31-,32-/m0/s1. The topological polar surface area (TPSA) is 175 Å². The minimum Gasteiger partial charge on any atom is -0.453 e. The first kappa shape index (κ1) is 36.1. The Labute approximate surface area is 302 Å². The first-order valence-electron chi connectivity index (χ1n) is 17.6. The lowest BCUT2D eigenvalue weighted by molar-refractivity contribution is -0.133. The normalized spacial score (nSPS) is 18.6. The second-order valence-corrected chi connectivity index (χ2v) is 13.9. The minimum atomic E-state index is -0.618. The lowest BCUT2D eigenvalue weighted by atomic mass is 10.0. The summed E-state index contributed by atoms with van der Waals surface area (Å²) in [7, 11) is 2.56. The van der Waals surface area contributed by atoms with Crippen LogP contribution in [0.1, 0.15) is 64.3 Å². The molecule has 2 saturated heterocycles. The molecule has 2 aliphatic rings. The summed E-state index contributed by atoms with van der Waals surface area (Å²) < 4.78 is 9.36. The van der Waals surface area contributed by atoms with Crippen molar-refractivity contribution in [2.45, 2.75) is 64.7 Å². The van der Waals surface area contributed by atoms with Crippen LogP contribution in [-0.2, 0) is 19.1 Å². The van der Waals surface area contributed by atoms with Crippen molar-refractivity contribution in [3.63, 3.8) is 0 Å². The summed E-state index contributed by atoms with van der Waals surface area (Å²) in [4.78, 5) is 69.5. The first-order valence-corrected chi connectivity index (χ1v) is 17.6. The number of imidazole rings is 2. The number of nitrogens with zero attached hydrogens (tertiary/aromatic N) is 4. The third-order valence-electron chi connectivity index (χ3n) is 9.85. The van der Waals surface area contributed by atoms with Gasteiger partial charge in [0, 0.05) is 13.1 Å². The average Bonchev–Trinajstić information content (AvgIpc) is 3.96. The van der Waals surface area contributed by atoms with Crippen molar-refractivity contribution >= 4 is 24.0 Å². The van der Waals surface area contributed by atoms with Gasteiger partial charge in [-0.25, -0.2) is 19.6 Å². The van der Waals surface area contributed by atoms with E-state index in [9.17, 15) is 19.2 Å². The Bertz CT molecular complexity index is 1760. The maximum atomic E-state index is 13.2. The molecule has 4 aromatic rings. The monoisotopic (exact) mass is 710 g/mol. The third-order valence-corrected chi connectivity index (χ3v) is 9.85. The number of methoxy groups -OCH3 is 2. The number of amides is 4. The second-order valence-electron chi connectivity index (χ2n) is 13.9. The van der Waals surface area contributed by atoms with Crippen LogP contribution >= 0.6 is 0 Å². The Kier molecular flexibility index (Phi) is 10.6. The number of nitrogens with one attached hydrogen (secondary N) is 4. The smallest absolute Gasteiger partial charge is 0.407 e. The van der Waals surface area contributed by atoms with Gasteiger partial charge < -0.3 is 39.9 Å². The number of H-pyrrole nitrogens is 2. The number of ether oxygens (including phenoxy) is 2. The van der Waals surface area contributed by atoms with Gasteiger partial charge in [0.15, 0.2) is 0 Å². The molecule has 14 heteroatoms. The van der Waals surface area contributed by atoms with Gasteiger partial charge in [-0.2, -0.15) is 0 Å². The van der Waals surface area contributed by atoms with Gasteiger partial charge in [-0.05, 0) is 46.9 Å². The number of hydrogen-bond acceptors (Lipinski definition) is 8. The predicted octanol–water partition coefficient (Wildman–Crippen LogP) is 5.44. The molecule has 0 radical (unpaired) electrons. The van der Waals surface area contributed by atoms with Crippen molar-refractivity contribution < 1.29 is 28.7 Å². The Hall–Kier alpha value is -5.66. The third kappa shape index (κ3) is 7.37. The molecule has 0 unspecified atom stereocenters. The molecule has 6 rings (SSSR count). The summed E-state index contributed by atoms with van der Waals surface area (Å²) in [5.41, 5.74) is 5.73. The summed E-state index contributed by atoms with van der Waals surface area (Å²) in [6, 6.07) is 14.7. The summed E-state index contributed by atoms with van der Waals surface area (Å²) in [5, 5.41) is 5.26. The number of carbonyl (C=O) groups excluding carboxylic acids is 4. The average molecular weight is 711 g/mol.